The Bertz CT molecular complexity index is 822. The van der Waals surface area contributed by atoms with Gasteiger partial charge in [0.15, 0.2) is 5.82 Å². The van der Waals surface area contributed by atoms with Crippen molar-refractivity contribution in [1.29, 1.82) is 0 Å². The molecule has 0 spiro atoms. The predicted molar refractivity (Wildman–Crippen MR) is 106 cm³/mol. The summed E-state index contributed by atoms with van der Waals surface area (Å²) < 4.78 is 10.7. The molecule has 0 radical (unpaired) electrons. The number of carbonyl (C=O) groups is 1. The average Bonchev–Trinajstić information content (AvgIpc) is 2.70. The van der Waals surface area contributed by atoms with E-state index in [-0.39, 0.29) is 36.1 Å². The van der Waals surface area contributed by atoms with Gasteiger partial charge in [0.05, 0.1) is 6.10 Å². The molecule has 0 aliphatic carbocycles. The number of hydrogen-bond donors (Lipinski definition) is 2. The van der Waals surface area contributed by atoms with E-state index in [1.165, 1.54) is 0 Å². The fourth-order valence-corrected chi connectivity index (χ4v) is 2.45. The monoisotopic (exact) mass is 388 g/mol. The lowest BCUT2D eigenvalue weighted by atomic mass is 10.2. The van der Waals surface area contributed by atoms with E-state index in [4.69, 9.17) is 9.47 Å². The number of ether oxygens (including phenoxy) is 2. The van der Waals surface area contributed by atoms with Gasteiger partial charge >= 0.3 is 0 Å². The molecular formula is C20H28N4O4. The Morgan fingerprint density at radius 3 is 2.86 bits per heavy atom. The molecule has 2 N–H and O–H groups in total. The number of aromatic amines is 1. The molecule has 1 heterocycles. The molecule has 0 saturated heterocycles. The molecule has 2 aromatic rings. The van der Waals surface area contributed by atoms with E-state index >= 15 is 0 Å². The number of nitrogens with zero attached hydrogens (tertiary/aromatic N) is 2. The predicted octanol–water partition coefficient (Wildman–Crippen LogP) is 2.09. The van der Waals surface area contributed by atoms with Gasteiger partial charge in [-0.05, 0) is 31.9 Å². The first-order valence-electron chi connectivity index (χ1n) is 9.52. The van der Waals surface area contributed by atoms with Crippen molar-refractivity contribution in [2.75, 3.05) is 20.3 Å². The van der Waals surface area contributed by atoms with Crippen LogP contribution in [0, 0.1) is 0 Å². The van der Waals surface area contributed by atoms with Crippen molar-refractivity contribution in [3.05, 3.63) is 40.3 Å². The van der Waals surface area contributed by atoms with Crippen molar-refractivity contribution in [3.8, 4) is 17.1 Å². The lowest BCUT2D eigenvalue weighted by Crippen LogP contribution is -2.27. The largest absolute Gasteiger partial charge is 0.491 e. The Morgan fingerprint density at radius 2 is 2.14 bits per heavy atom. The highest BCUT2D eigenvalue weighted by molar-refractivity contribution is 5.76. The van der Waals surface area contributed by atoms with E-state index < -0.39 is 0 Å². The van der Waals surface area contributed by atoms with E-state index in [1.807, 2.05) is 31.2 Å². The normalized spacial score (nSPS) is 11.8. The minimum Gasteiger partial charge on any atom is -0.491 e. The van der Waals surface area contributed by atoms with Crippen LogP contribution in [0.1, 0.15) is 38.8 Å². The quantitative estimate of drug-likeness (QED) is 0.571. The van der Waals surface area contributed by atoms with E-state index in [2.05, 4.69) is 27.4 Å². The Kier molecular flexibility index (Phi) is 8.61. The third kappa shape index (κ3) is 6.77. The highest BCUT2D eigenvalue weighted by atomic mass is 16.5. The second kappa shape index (κ2) is 11.2. The van der Waals surface area contributed by atoms with E-state index in [0.29, 0.717) is 30.3 Å². The lowest BCUT2D eigenvalue weighted by Gasteiger charge is -2.13. The molecule has 2 rings (SSSR count). The number of aromatic nitrogens is 3. The van der Waals surface area contributed by atoms with Gasteiger partial charge in [-0.15, -0.1) is 10.2 Å². The summed E-state index contributed by atoms with van der Waals surface area (Å²) in [6.07, 6.45) is 2.16. The lowest BCUT2D eigenvalue weighted by molar-refractivity contribution is -0.121. The van der Waals surface area contributed by atoms with E-state index in [1.54, 1.807) is 7.11 Å². The van der Waals surface area contributed by atoms with Crippen LogP contribution in [0.2, 0.25) is 0 Å². The number of hydrogen-bond acceptors (Lipinski definition) is 6. The maximum absolute atomic E-state index is 12.3. The molecule has 0 aliphatic rings. The van der Waals surface area contributed by atoms with Crippen LogP contribution in [0.4, 0.5) is 0 Å². The summed E-state index contributed by atoms with van der Waals surface area (Å²) in [5.74, 6) is 0.951. The molecule has 0 fully saturated rings. The summed E-state index contributed by atoms with van der Waals surface area (Å²) in [6, 6.07) is 7.35. The standard InChI is InChI=1S/C20H28N4O4/c1-4-14(2)28-16-8-5-7-15(13-16)19-22-20(26)17(23-24-19)9-10-18(25)21-11-6-12-27-3/h5,7-8,13-14H,4,6,9-12H2,1-3H3,(H,21,25)(H,22,24,26)/t14-/m1/s1. The second-order valence-corrected chi connectivity index (χ2v) is 6.51. The average molecular weight is 388 g/mol. The number of benzene rings is 1. The number of nitrogens with one attached hydrogen (secondary N) is 2. The maximum Gasteiger partial charge on any atom is 0.273 e. The molecule has 1 aromatic heterocycles. The highest BCUT2D eigenvalue weighted by Gasteiger charge is 2.10. The topological polar surface area (TPSA) is 106 Å². The SMILES string of the molecule is CC[C@@H](C)Oc1cccc(-c2nnc(CCC(=O)NCCCOC)c(=O)[nH]2)c1. The Balaban J connectivity index is 1.98. The zero-order chi connectivity index (χ0) is 20.4. The third-order valence-corrected chi connectivity index (χ3v) is 4.22. The second-order valence-electron chi connectivity index (χ2n) is 6.51. The first kappa shape index (κ1) is 21.6. The van der Waals surface area contributed by atoms with Crippen molar-refractivity contribution < 1.29 is 14.3 Å². The Labute approximate surface area is 164 Å². The molecule has 0 saturated carbocycles. The molecule has 0 aliphatic heterocycles. The molecule has 28 heavy (non-hydrogen) atoms. The molecular weight excluding hydrogens is 360 g/mol. The third-order valence-electron chi connectivity index (χ3n) is 4.22. The number of rotatable bonds is 11. The van der Waals surface area contributed by atoms with Gasteiger partial charge in [0.2, 0.25) is 5.91 Å². The summed E-state index contributed by atoms with van der Waals surface area (Å²) >= 11 is 0. The fourth-order valence-electron chi connectivity index (χ4n) is 2.45. The first-order chi connectivity index (χ1) is 13.5. The van der Waals surface area contributed by atoms with Crippen LogP contribution in [-0.4, -0.2) is 47.5 Å². The zero-order valence-corrected chi connectivity index (χ0v) is 16.7. The molecule has 8 heteroatoms. The first-order valence-corrected chi connectivity index (χ1v) is 9.52. The van der Waals surface area contributed by atoms with Gasteiger partial charge in [0, 0.05) is 38.7 Å². The molecule has 1 amide bonds. The van der Waals surface area contributed by atoms with Gasteiger partial charge in [0.25, 0.3) is 5.56 Å². The number of H-pyrrole nitrogens is 1. The van der Waals surface area contributed by atoms with Crippen LogP contribution in [0.5, 0.6) is 5.75 Å². The number of methoxy groups -OCH3 is 1. The van der Waals surface area contributed by atoms with Crippen molar-refractivity contribution >= 4 is 5.91 Å². The van der Waals surface area contributed by atoms with Crippen molar-refractivity contribution in [3.63, 3.8) is 0 Å². The van der Waals surface area contributed by atoms with Gasteiger partial charge in [-0.3, -0.25) is 9.59 Å². The summed E-state index contributed by atoms with van der Waals surface area (Å²) in [5.41, 5.74) is 0.612. The zero-order valence-electron chi connectivity index (χ0n) is 16.7. The minimum absolute atomic E-state index is 0.100. The van der Waals surface area contributed by atoms with Crippen LogP contribution in [0.3, 0.4) is 0 Å². The van der Waals surface area contributed by atoms with Gasteiger partial charge in [-0.2, -0.15) is 0 Å². The van der Waals surface area contributed by atoms with Crippen molar-refractivity contribution in [1.82, 2.24) is 20.5 Å². The van der Waals surface area contributed by atoms with Crippen molar-refractivity contribution in [2.45, 2.75) is 45.6 Å². The van der Waals surface area contributed by atoms with Gasteiger partial charge in [-0.25, -0.2) is 0 Å². The molecule has 0 bridgehead atoms. The smallest absolute Gasteiger partial charge is 0.273 e. The van der Waals surface area contributed by atoms with E-state index in [9.17, 15) is 9.59 Å². The maximum atomic E-state index is 12.3. The van der Waals surface area contributed by atoms with Gasteiger partial charge in [0.1, 0.15) is 11.4 Å². The molecule has 1 aromatic carbocycles. The summed E-state index contributed by atoms with van der Waals surface area (Å²) in [6.45, 7) is 5.19. The Hall–Kier alpha value is -2.74. The molecule has 8 nitrogen and oxygen atoms in total. The molecule has 1 atom stereocenters. The summed E-state index contributed by atoms with van der Waals surface area (Å²) in [7, 11) is 1.62. The Morgan fingerprint density at radius 1 is 1.32 bits per heavy atom. The minimum atomic E-state index is -0.342. The summed E-state index contributed by atoms with van der Waals surface area (Å²) in [5, 5.41) is 10.9. The van der Waals surface area contributed by atoms with Gasteiger partial charge < -0.3 is 19.8 Å². The highest BCUT2D eigenvalue weighted by Crippen LogP contribution is 2.21. The van der Waals surface area contributed by atoms with Crippen LogP contribution in [-0.2, 0) is 16.0 Å². The molecule has 0 unspecified atom stereocenters. The fraction of sp³-hybridized carbons (Fsp3) is 0.500. The number of aryl methyl sites for hydroxylation is 1. The summed E-state index contributed by atoms with van der Waals surface area (Å²) in [4.78, 5) is 26.8. The number of carbonyl (C=O) groups excluding carboxylic acids is 1. The van der Waals surface area contributed by atoms with Crippen LogP contribution >= 0.6 is 0 Å². The van der Waals surface area contributed by atoms with Gasteiger partial charge in [-0.1, -0.05) is 19.1 Å². The van der Waals surface area contributed by atoms with Crippen LogP contribution in [0.25, 0.3) is 11.4 Å². The van der Waals surface area contributed by atoms with E-state index in [0.717, 1.165) is 12.8 Å². The van der Waals surface area contributed by atoms with Crippen molar-refractivity contribution in [2.24, 2.45) is 0 Å². The molecule has 152 valence electrons. The van der Waals surface area contributed by atoms with Crippen LogP contribution in [0.15, 0.2) is 29.1 Å². The van der Waals surface area contributed by atoms with Crippen LogP contribution < -0.4 is 15.6 Å². The number of amides is 1.